The predicted molar refractivity (Wildman–Crippen MR) is 92.6 cm³/mol. The number of piperazine rings is 1. The second-order valence-electron chi connectivity index (χ2n) is 5.32. The smallest absolute Gasteiger partial charge is 0.189 e. The molecule has 1 aliphatic rings. The molecular formula is C15H19ClN5S+. The largest absolute Gasteiger partial charge is 0.334 e. The van der Waals surface area contributed by atoms with Gasteiger partial charge in [0.15, 0.2) is 10.3 Å². The molecule has 1 fully saturated rings. The first-order valence-corrected chi connectivity index (χ1v) is 8.49. The molecule has 1 saturated heterocycles. The molecule has 1 aromatic carbocycles. The molecule has 2 N–H and O–H groups in total. The van der Waals surface area contributed by atoms with Gasteiger partial charge in [-0.3, -0.25) is 5.01 Å². The van der Waals surface area contributed by atoms with Crippen LogP contribution in [0, 0.1) is 0 Å². The van der Waals surface area contributed by atoms with Gasteiger partial charge in [-0.2, -0.15) is 5.10 Å². The molecule has 0 spiro atoms. The fraction of sp³-hybridized carbons (Fsp3) is 0.333. The number of benzene rings is 1. The molecule has 0 aliphatic carbocycles. The Morgan fingerprint density at radius 2 is 2.05 bits per heavy atom. The molecule has 3 rings (SSSR count). The topological polar surface area (TPSA) is 45.0 Å². The minimum atomic E-state index is 0.493. The van der Waals surface area contributed by atoms with Crippen molar-refractivity contribution in [3.05, 3.63) is 40.4 Å². The first-order chi connectivity index (χ1) is 10.7. The summed E-state index contributed by atoms with van der Waals surface area (Å²) in [6.07, 6.45) is 1.82. The van der Waals surface area contributed by atoms with Crippen LogP contribution in [-0.4, -0.2) is 49.4 Å². The zero-order valence-electron chi connectivity index (χ0n) is 12.4. The van der Waals surface area contributed by atoms with Gasteiger partial charge in [-0.1, -0.05) is 41.1 Å². The van der Waals surface area contributed by atoms with Crippen molar-refractivity contribution < 1.29 is 4.90 Å². The Bertz CT molecular complexity index is 635. The summed E-state index contributed by atoms with van der Waals surface area (Å²) < 4.78 is 0. The van der Waals surface area contributed by atoms with E-state index in [0.717, 1.165) is 41.9 Å². The number of aromatic nitrogens is 1. The lowest BCUT2D eigenvalue weighted by Gasteiger charge is -2.27. The number of hydrogen-bond donors (Lipinski definition) is 2. The molecule has 1 aliphatic heterocycles. The van der Waals surface area contributed by atoms with Gasteiger partial charge in [-0.15, -0.1) is 0 Å². The molecule has 22 heavy (non-hydrogen) atoms. The second kappa shape index (κ2) is 7.09. The van der Waals surface area contributed by atoms with Crippen molar-refractivity contribution in [2.45, 2.75) is 0 Å². The zero-order chi connectivity index (χ0) is 15.4. The van der Waals surface area contributed by atoms with E-state index in [0.29, 0.717) is 5.15 Å². The highest BCUT2D eigenvalue weighted by Gasteiger charge is 2.14. The third kappa shape index (κ3) is 3.97. The third-order valence-electron chi connectivity index (χ3n) is 3.57. The number of anilines is 2. The van der Waals surface area contributed by atoms with Crippen LogP contribution >= 0.6 is 22.9 Å². The Labute approximate surface area is 139 Å². The van der Waals surface area contributed by atoms with Gasteiger partial charge < -0.3 is 10.2 Å². The number of quaternary nitrogens is 1. The summed E-state index contributed by atoms with van der Waals surface area (Å²) in [5, 5.41) is 11.1. The Balaban J connectivity index is 1.65. The first-order valence-electron chi connectivity index (χ1n) is 7.29. The van der Waals surface area contributed by atoms with Crippen molar-refractivity contribution >= 4 is 40.0 Å². The number of rotatable bonds is 4. The molecule has 2 aromatic rings. The fourth-order valence-electron chi connectivity index (χ4n) is 2.22. The van der Waals surface area contributed by atoms with Gasteiger partial charge in [-0.05, 0) is 12.1 Å². The van der Waals surface area contributed by atoms with Crippen molar-refractivity contribution in [2.75, 3.05) is 38.5 Å². The monoisotopic (exact) mass is 336 g/mol. The van der Waals surface area contributed by atoms with E-state index < -0.39 is 0 Å². The van der Waals surface area contributed by atoms with Gasteiger partial charge >= 0.3 is 0 Å². The van der Waals surface area contributed by atoms with Crippen LogP contribution in [0.4, 0.5) is 10.8 Å². The quantitative estimate of drug-likeness (QED) is 0.835. The summed E-state index contributed by atoms with van der Waals surface area (Å²) in [7, 11) is 2.21. The number of likely N-dealkylation sites (N-methyl/N-ethyl adjacent to an activating group) is 1. The van der Waals surface area contributed by atoms with Gasteiger partial charge in [0, 0.05) is 5.69 Å². The van der Waals surface area contributed by atoms with Crippen molar-refractivity contribution in [3.8, 4) is 0 Å². The third-order valence-corrected chi connectivity index (χ3v) is 4.87. The van der Waals surface area contributed by atoms with Crippen LogP contribution in [0.2, 0.25) is 5.15 Å². The number of halogens is 1. The van der Waals surface area contributed by atoms with E-state index in [1.54, 1.807) is 4.90 Å². The lowest BCUT2D eigenvalue weighted by Crippen LogP contribution is -3.11. The molecule has 1 aromatic heterocycles. The summed E-state index contributed by atoms with van der Waals surface area (Å²) >= 11 is 7.71. The lowest BCUT2D eigenvalue weighted by molar-refractivity contribution is -0.884. The maximum atomic E-state index is 6.20. The van der Waals surface area contributed by atoms with E-state index in [4.69, 9.17) is 11.6 Å². The average Bonchev–Trinajstić information content (AvgIpc) is 2.87. The SMILES string of the molecule is C[NH+]1CCN(/N=C/c2sc(Nc3ccccc3)nc2Cl)CC1. The molecule has 116 valence electrons. The Hall–Kier alpha value is -1.63. The Morgan fingerprint density at radius 3 is 2.77 bits per heavy atom. The first kappa shape index (κ1) is 15.3. The highest BCUT2D eigenvalue weighted by molar-refractivity contribution is 7.17. The Morgan fingerprint density at radius 1 is 1.32 bits per heavy atom. The van der Waals surface area contributed by atoms with Crippen LogP contribution < -0.4 is 10.2 Å². The summed E-state index contributed by atoms with van der Waals surface area (Å²) in [5.41, 5.74) is 0.999. The van der Waals surface area contributed by atoms with E-state index in [1.165, 1.54) is 11.3 Å². The highest BCUT2D eigenvalue weighted by Crippen LogP contribution is 2.27. The molecule has 0 bridgehead atoms. The minimum absolute atomic E-state index is 0.493. The molecule has 0 unspecified atom stereocenters. The van der Waals surface area contributed by atoms with Crippen LogP contribution in [0.1, 0.15) is 4.88 Å². The molecular weight excluding hydrogens is 318 g/mol. The maximum absolute atomic E-state index is 6.20. The van der Waals surface area contributed by atoms with Gasteiger partial charge in [0.1, 0.15) is 0 Å². The van der Waals surface area contributed by atoms with Crippen molar-refractivity contribution in [3.63, 3.8) is 0 Å². The molecule has 0 atom stereocenters. The summed E-state index contributed by atoms with van der Waals surface area (Å²) in [5.74, 6) is 0. The van der Waals surface area contributed by atoms with Crippen LogP contribution in [0.5, 0.6) is 0 Å². The Kier molecular flexibility index (Phi) is 4.92. The van der Waals surface area contributed by atoms with E-state index in [9.17, 15) is 0 Å². The normalized spacial score (nSPS) is 16.4. The van der Waals surface area contributed by atoms with Crippen molar-refractivity contribution in [2.24, 2.45) is 5.10 Å². The van der Waals surface area contributed by atoms with E-state index in [2.05, 4.69) is 27.5 Å². The molecule has 2 heterocycles. The molecule has 7 heteroatoms. The van der Waals surface area contributed by atoms with Gasteiger partial charge in [-0.25, -0.2) is 4.98 Å². The molecule has 0 amide bonds. The number of nitrogens with zero attached hydrogens (tertiary/aromatic N) is 3. The van der Waals surface area contributed by atoms with Gasteiger partial charge in [0.05, 0.1) is 44.3 Å². The summed E-state index contributed by atoms with van der Waals surface area (Å²) in [6.45, 7) is 4.20. The average molecular weight is 337 g/mol. The maximum Gasteiger partial charge on any atom is 0.189 e. The second-order valence-corrected chi connectivity index (χ2v) is 6.71. The fourth-order valence-corrected chi connectivity index (χ4v) is 3.26. The number of hydrogen-bond acceptors (Lipinski definition) is 5. The van der Waals surface area contributed by atoms with E-state index in [1.807, 2.05) is 36.5 Å². The van der Waals surface area contributed by atoms with Gasteiger partial charge in [0.2, 0.25) is 0 Å². The van der Waals surface area contributed by atoms with Crippen molar-refractivity contribution in [1.82, 2.24) is 9.99 Å². The zero-order valence-corrected chi connectivity index (χ0v) is 14.0. The predicted octanol–water partition coefficient (Wildman–Crippen LogP) is 1.70. The van der Waals surface area contributed by atoms with E-state index >= 15 is 0 Å². The van der Waals surface area contributed by atoms with Gasteiger partial charge in [0.25, 0.3) is 0 Å². The van der Waals surface area contributed by atoms with Crippen LogP contribution in [0.3, 0.4) is 0 Å². The lowest BCUT2D eigenvalue weighted by atomic mass is 10.3. The standard InChI is InChI=1S/C15H18ClN5S/c1-20-7-9-21(10-8-20)17-11-13-14(16)19-15(22-13)18-12-5-3-2-4-6-12/h2-6,11H,7-10H2,1H3,(H,18,19)/p+1/b17-11+. The summed E-state index contributed by atoms with van der Waals surface area (Å²) in [6, 6.07) is 9.94. The number of para-hydroxylation sites is 1. The van der Waals surface area contributed by atoms with Crippen molar-refractivity contribution in [1.29, 1.82) is 0 Å². The van der Waals surface area contributed by atoms with Crippen LogP contribution in [0.15, 0.2) is 35.4 Å². The summed E-state index contributed by atoms with van der Waals surface area (Å²) in [4.78, 5) is 6.77. The minimum Gasteiger partial charge on any atom is -0.334 e. The molecule has 0 saturated carbocycles. The number of nitrogens with one attached hydrogen (secondary N) is 2. The van der Waals surface area contributed by atoms with E-state index in [-0.39, 0.29) is 0 Å². The highest BCUT2D eigenvalue weighted by atomic mass is 35.5. The molecule has 5 nitrogen and oxygen atoms in total. The van der Waals surface area contributed by atoms with Crippen LogP contribution in [0.25, 0.3) is 0 Å². The number of thiazole rings is 1. The van der Waals surface area contributed by atoms with Crippen LogP contribution in [-0.2, 0) is 0 Å². The number of hydrazone groups is 1. The molecule has 0 radical (unpaired) electrons.